The zero-order chi connectivity index (χ0) is 20.9. The number of amides is 1. The highest BCUT2D eigenvalue weighted by Gasteiger charge is 2.20. The predicted molar refractivity (Wildman–Crippen MR) is 114 cm³/mol. The lowest BCUT2D eigenvalue weighted by molar-refractivity contribution is -0.121. The molecule has 6 heteroatoms. The molecule has 1 heterocycles. The van der Waals surface area contributed by atoms with Gasteiger partial charge in [0.2, 0.25) is 0 Å². The first-order valence-corrected chi connectivity index (χ1v) is 10.0. The van der Waals surface area contributed by atoms with Crippen molar-refractivity contribution in [2.24, 2.45) is 0 Å². The van der Waals surface area contributed by atoms with Gasteiger partial charge in [-0.15, -0.1) is 0 Å². The van der Waals surface area contributed by atoms with Crippen molar-refractivity contribution < 1.29 is 23.8 Å². The van der Waals surface area contributed by atoms with E-state index in [1.165, 1.54) is 0 Å². The number of rotatable bonds is 5. The van der Waals surface area contributed by atoms with Gasteiger partial charge in [0.1, 0.15) is 0 Å². The van der Waals surface area contributed by atoms with Gasteiger partial charge in [0.05, 0.1) is 24.5 Å². The molecule has 0 unspecified atom stereocenters. The van der Waals surface area contributed by atoms with Crippen LogP contribution in [-0.2, 0) is 9.53 Å². The lowest BCUT2D eigenvalue weighted by Gasteiger charge is -2.22. The molecule has 0 aliphatic carbocycles. The summed E-state index contributed by atoms with van der Waals surface area (Å²) in [5.41, 5.74) is 1.12. The molecule has 0 bridgehead atoms. The molecule has 30 heavy (non-hydrogen) atoms. The Morgan fingerprint density at radius 2 is 1.73 bits per heavy atom. The molecule has 4 rings (SSSR count). The van der Waals surface area contributed by atoms with E-state index in [0.717, 1.165) is 22.9 Å². The van der Waals surface area contributed by atoms with E-state index in [4.69, 9.17) is 14.2 Å². The Balaban J connectivity index is 1.47. The van der Waals surface area contributed by atoms with E-state index in [-0.39, 0.29) is 12.5 Å². The number of esters is 1. The SMILES string of the molecule is CCN(C(=O)COC(=O)c1ccc2c(c1)OCCCO2)c1cccc2ccccc12. The molecule has 0 saturated carbocycles. The zero-order valence-electron chi connectivity index (χ0n) is 16.8. The third-order valence-corrected chi connectivity index (χ3v) is 4.98. The van der Waals surface area contributed by atoms with Gasteiger partial charge in [-0.05, 0) is 36.6 Å². The van der Waals surface area contributed by atoms with Crippen molar-refractivity contribution in [2.75, 3.05) is 31.3 Å². The molecule has 0 spiro atoms. The number of likely N-dealkylation sites (N-methyl/N-ethyl adjacent to an activating group) is 1. The second-order valence-electron chi connectivity index (χ2n) is 6.92. The highest BCUT2D eigenvalue weighted by molar-refractivity contribution is 6.04. The van der Waals surface area contributed by atoms with Crippen molar-refractivity contribution in [3.05, 3.63) is 66.2 Å². The molecule has 0 saturated heterocycles. The van der Waals surface area contributed by atoms with Gasteiger partial charge in [-0.25, -0.2) is 4.79 Å². The van der Waals surface area contributed by atoms with Crippen LogP contribution in [0, 0.1) is 0 Å². The van der Waals surface area contributed by atoms with E-state index >= 15 is 0 Å². The molecule has 1 aliphatic heterocycles. The summed E-state index contributed by atoms with van der Waals surface area (Å²) in [5.74, 6) is 0.261. The fraction of sp³-hybridized carbons (Fsp3) is 0.250. The number of fused-ring (bicyclic) bond motifs is 2. The minimum absolute atomic E-state index is 0.281. The molecule has 6 nitrogen and oxygen atoms in total. The summed E-state index contributed by atoms with van der Waals surface area (Å²) in [5, 5.41) is 2.02. The minimum atomic E-state index is -0.576. The highest BCUT2D eigenvalue weighted by Crippen LogP contribution is 2.31. The number of benzene rings is 3. The smallest absolute Gasteiger partial charge is 0.338 e. The summed E-state index contributed by atoms with van der Waals surface area (Å²) in [6.45, 7) is 3.12. The molecule has 3 aromatic carbocycles. The standard InChI is InChI=1S/C24H23NO5/c1-2-25(20-10-5-8-17-7-3-4-9-19(17)20)23(26)16-30-24(27)18-11-12-21-22(15-18)29-14-6-13-28-21/h3-5,7-12,15H,2,6,13-14,16H2,1H3. The van der Waals surface area contributed by atoms with E-state index in [0.29, 0.717) is 36.8 Å². The van der Waals surface area contributed by atoms with Crippen LogP contribution in [0.3, 0.4) is 0 Å². The van der Waals surface area contributed by atoms with Crippen LogP contribution >= 0.6 is 0 Å². The number of hydrogen-bond donors (Lipinski definition) is 0. The Kier molecular flexibility index (Phi) is 5.84. The first-order chi connectivity index (χ1) is 14.7. The lowest BCUT2D eigenvalue weighted by Crippen LogP contribution is -2.34. The molecule has 0 N–H and O–H groups in total. The summed E-state index contributed by atoms with van der Waals surface area (Å²) < 4.78 is 16.5. The van der Waals surface area contributed by atoms with Crippen LogP contribution in [0.25, 0.3) is 10.8 Å². The maximum absolute atomic E-state index is 12.8. The molecule has 0 fully saturated rings. The van der Waals surface area contributed by atoms with Gasteiger partial charge in [-0.1, -0.05) is 36.4 Å². The van der Waals surface area contributed by atoms with Crippen LogP contribution in [0.4, 0.5) is 5.69 Å². The summed E-state index contributed by atoms with van der Waals surface area (Å²) in [6.07, 6.45) is 0.782. The molecule has 1 amide bonds. The van der Waals surface area contributed by atoms with Crippen molar-refractivity contribution in [1.29, 1.82) is 0 Å². The largest absolute Gasteiger partial charge is 0.490 e. The Morgan fingerprint density at radius 1 is 0.967 bits per heavy atom. The van der Waals surface area contributed by atoms with Crippen LogP contribution in [0.15, 0.2) is 60.7 Å². The first kappa shape index (κ1) is 19.8. The van der Waals surface area contributed by atoms with Crippen molar-refractivity contribution in [3.63, 3.8) is 0 Å². The van der Waals surface area contributed by atoms with Crippen molar-refractivity contribution >= 4 is 28.3 Å². The average molecular weight is 405 g/mol. The van der Waals surface area contributed by atoms with Crippen LogP contribution in [0.2, 0.25) is 0 Å². The number of carbonyl (C=O) groups excluding carboxylic acids is 2. The minimum Gasteiger partial charge on any atom is -0.490 e. The number of anilines is 1. The highest BCUT2D eigenvalue weighted by atomic mass is 16.5. The Bertz CT molecular complexity index is 1070. The number of carbonyl (C=O) groups is 2. The molecular weight excluding hydrogens is 382 g/mol. The van der Waals surface area contributed by atoms with Gasteiger partial charge < -0.3 is 19.1 Å². The molecule has 0 atom stereocenters. The summed E-state index contributed by atoms with van der Waals surface area (Å²) in [6, 6.07) is 18.6. The van der Waals surface area contributed by atoms with Gasteiger partial charge in [0, 0.05) is 18.4 Å². The number of hydrogen-bond acceptors (Lipinski definition) is 5. The number of ether oxygens (including phenoxy) is 3. The van der Waals surface area contributed by atoms with Crippen molar-refractivity contribution in [1.82, 2.24) is 0 Å². The average Bonchev–Trinajstić information content (AvgIpc) is 3.03. The second kappa shape index (κ2) is 8.86. The molecule has 0 aromatic heterocycles. The van der Waals surface area contributed by atoms with Gasteiger partial charge in [-0.3, -0.25) is 4.79 Å². The lowest BCUT2D eigenvalue weighted by atomic mass is 10.1. The summed E-state index contributed by atoms with van der Waals surface area (Å²) >= 11 is 0. The molecule has 3 aromatic rings. The van der Waals surface area contributed by atoms with Crippen LogP contribution < -0.4 is 14.4 Å². The molecular formula is C24H23NO5. The van der Waals surface area contributed by atoms with Crippen molar-refractivity contribution in [3.8, 4) is 11.5 Å². The first-order valence-electron chi connectivity index (χ1n) is 10.0. The monoisotopic (exact) mass is 405 g/mol. The Morgan fingerprint density at radius 3 is 2.57 bits per heavy atom. The maximum atomic E-state index is 12.8. The normalized spacial score (nSPS) is 12.8. The Labute approximate surface area is 175 Å². The fourth-order valence-electron chi connectivity index (χ4n) is 3.50. The van der Waals surface area contributed by atoms with E-state index < -0.39 is 5.97 Å². The van der Waals surface area contributed by atoms with Gasteiger partial charge in [0.25, 0.3) is 5.91 Å². The second-order valence-corrected chi connectivity index (χ2v) is 6.92. The van der Waals surface area contributed by atoms with Gasteiger partial charge in [0.15, 0.2) is 18.1 Å². The van der Waals surface area contributed by atoms with E-state index in [1.807, 2.05) is 49.4 Å². The molecule has 0 radical (unpaired) electrons. The van der Waals surface area contributed by atoms with Gasteiger partial charge >= 0.3 is 5.97 Å². The van der Waals surface area contributed by atoms with E-state index in [9.17, 15) is 9.59 Å². The summed E-state index contributed by atoms with van der Waals surface area (Å²) in [4.78, 5) is 27.0. The fourth-order valence-corrected chi connectivity index (χ4v) is 3.50. The van der Waals surface area contributed by atoms with Gasteiger partial charge in [-0.2, -0.15) is 0 Å². The Hall–Kier alpha value is -3.54. The third-order valence-electron chi connectivity index (χ3n) is 4.98. The topological polar surface area (TPSA) is 65.1 Å². The maximum Gasteiger partial charge on any atom is 0.338 e. The molecule has 154 valence electrons. The quantitative estimate of drug-likeness (QED) is 0.595. The van der Waals surface area contributed by atoms with E-state index in [2.05, 4.69) is 0 Å². The van der Waals surface area contributed by atoms with Crippen molar-refractivity contribution in [2.45, 2.75) is 13.3 Å². The van der Waals surface area contributed by atoms with E-state index in [1.54, 1.807) is 23.1 Å². The summed E-state index contributed by atoms with van der Waals surface area (Å²) in [7, 11) is 0. The third kappa shape index (κ3) is 4.08. The molecule has 1 aliphatic rings. The van der Waals surface area contributed by atoms with Crippen LogP contribution in [0.1, 0.15) is 23.7 Å². The van der Waals surface area contributed by atoms with Crippen LogP contribution in [-0.4, -0.2) is 38.2 Å². The van der Waals surface area contributed by atoms with Crippen LogP contribution in [0.5, 0.6) is 11.5 Å². The predicted octanol–water partition coefficient (Wildman–Crippen LogP) is 4.21. The number of nitrogens with zero attached hydrogens (tertiary/aromatic N) is 1. The zero-order valence-corrected chi connectivity index (χ0v) is 16.8.